The largest absolute Gasteiger partial charge is 0.478 e. The third-order valence-electron chi connectivity index (χ3n) is 5.20. The Kier molecular flexibility index (Phi) is 3.99. The van der Waals surface area contributed by atoms with Crippen molar-refractivity contribution in [1.82, 2.24) is 0 Å². The first kappa shape index (κ1) is 17.0. The first-order chi connectivity index (χ1) is 11.1. The Hall–Kier alpha value is -1.81. The molecule has 0 bridgehead atoms. The van der Waals surface area contributed by atoms with E-state index in [2.05, 4.69) is 39.9 Å². The third kappa shape index (κ3) is 2.84. The molecule has 0 saturated carbocycles. The van der Waals surface area contributed by atoms with Crippen LogP contribution in [-0.4, -0.2) is 11.1 Å². The molecular formula is C20H25NO2S. The summed E-state index contributed by atoms with van der Waals surface area (Å²) in [6.07, 6.45) is 2.41. The molecule has 1 aromatic carbocycles. The summed E-state index contributed by atoms with van der Waals surface area (Å²) in [6, 6.07) is 6.94. The van der Waals surface area contributed by atoms with E-state index < -0.39 is 5.97 Å². The van der Waals surface area contributed by atoms with Gasteiger partial charge in [-0.25, -0.2) is 4.79 Å². The van der Waals surface area contributed by atoms with E-state index in [1.54, 1.807) is 12.1 Å². The normalized spacial score (nSPS) is 18.0. The van der Waals surface area contributed by atoms with E-state index in [0.717, 1.165) is 5.69 Å². The van der Waals surface area contributed by atoms with Crippen LogP contribution in [0.25, 0.3) is 0 Å². The Bertz CT molecular complexity index is 785. The highest BCUT2D eigenvalue weighted by atomic mass is 32.1. The number of carboxylic acid groups (broad SMARTS) is 1. The van der Waals surface area contributed by atoms with Crippen LogP contribution in [0.2, 0.25) is 0 Å². The number of hydrogen-bond acceptors (Lipinski definition) is 3. The molecule has 2 aromatic rings. The molecule has 3 rings (SSSR count). The van der Waals surface area contributed by atoms with Crippen molar-refractivity contribution in [3.8, 4) is 0 Å². The monoisotopic (exact) mass is 343 g/mol. The zero-order chi connectivity index (χ0) is 17.7. The van der Waals surface area contributed by atoms with Crippen LogP contribution in [0.3, 0.4) is 0 Å². The zero-order valence-corrected chi connectivity index (χ0v) is 15.8. The van der Waals surface area contributed by atoms with Crippen LogP contribution in [0.15, 0.2) is 24.3 Å². The van der Waals surface area contributed by atoms with E-state index in [4.69, 9.17) is 5.11 Å². The number of carbonyl (C=O) groups is 1. The summed E-state index contributed by atoms with van der Waals surface area (Å²) >= 11 is 1.85. The molecule has 1 aromatic heterocycles. The van der Waals surface area contributed by atoms with Gasteiger partial charge in [0.25, 0.3) is 0 Å². The molecule has 1 heterocycles. The minimum atomic E-state index is -0.896. The molecule has 1 aliphatic carbocycles. The van der Waals surface area contributed by atoms with Crippen molar-refractivity contribution in [2.24, 2.45) is 0 Å². The number of rotatable bonds is 3. The van der Waals surface area contributed by atoms with Crippen molar-refractivity contribution in [3.05, 3.63) is 45.8 Å². The number of fused-ring (bicyclic) bond motifs is 1. The molecule has 128 valence electrons. The summed E-state index contributed by atoms with van der Waals surface area (Å²) in [5.41, 5.74) is 4.48. The zero-order valence-electron chi connectivity index (χ0n) is 15.0. The van der Waals surface area contributed by atoms with Gasteiger partial charge in [0.05, 0.1) is 10.6 Å². The highest BCUT2D eigenvalue weighted by Gasteiger charge is 2.40. The van der Waals surface area contributed by atoms with Gasteiger partial charge in [-0.2, -0.15) is 0 Å². The molecule has 0 atom stereocenters. The number of carboxylic acids is 1. The first-order valence-electron chi connectivity index (χ1n) is 8.36. The molecule has 2 N–H and O–H groups in total. The predicted octanol–water partition coefficient (Wildman–Crippen LogP) is 5.85. The van der Waals surface area contributed by atoms with Crippen LogP contribution in [0.1, 0.15) is 66.9 Å². The highest BCUT2D eigenvalue weighted by Crippen LogP contribution is 2.53. The molecule has 0 aliphatic heterocycles. The number of hydrogen-bond donors (Lipinski definition) is 2. The van der Waals surface area contributed by atoms with E-state index >= 15 is 0 Å². The summed E-state index contributed by atoms with van der Waals surface area (Å²) in [5, 5.41) is 13.7. The summed E-state index contributed by atoms with van der Waals surface area (Å²) < 4.78 is 0. The maximum Gasteiger partial charge on any atom is 0.335 e. The molecule has 3 nitrogen and oxygen atoms in total. The smallest absolute Gasteiger partial charge is 0.335 e. The Morgan fingerprint density at radius 1 is 1.08 bits per heavy atom. The summed E-state index contributed by atoms with van der Waals surface area (Å²) in [4.78, 5) is 12.5. The molecule has 0 fully saturated rings. The summed E-state index contributed by atoms with van der Waals surface area (Å²) in [7, 11) is 0. The van der Waals surface area contributed by atoms with Crippen molar-refractivity contribution < 1.29 is 9.90 Å². The van der Waals surface area contributed by atoms with Gasteiger partial charge in [-0.15, -0.1) is 11.3 Å². The first-order valence-corrected chi connectivity index (χ1v) is 9.18. The second-order valence-corrected chi connectivity index (χ2v) is 9.06. The maximum atomic E-state index is 11.0. The fourth-order valence-corrected chi connectivity index (χ4v) is 5.15. The van der Waals surface area contributed by atoms with E-state index in [1.807, 2.05) is 23.5 Å². The fraction of sp³-hybridized carbons (Fsp3) is 0.450. The number of thiophene rings is 1. The van der Waals surface area contributed by atoms with Crippen molar-refractivity contribution in [1.29, 1.82) is 0 Å². The Balaban J connectivity index is 1.98. The van der Waals surface area contributed by atoms with Gasteiger partial charge >= 0.3 is 5.97 Å². The minimum absolute atomic E-state index is 0.207. The molecule has 0 saturated heterocycles. The van der Waals surface area contributed by atoms with Gasteiger partial charge in [-0.3, -0.25) is 0 Å². The molecule has 4 heteroatoms. The lowest BCUT2D eigenvalue weighted by molar-refractivity contribution is 0.0697. The van der Waals surface area contributed by atoms with Crippen molar-refractivity contribution in [2.75, 3.05) is 5.32 Å². The fourth-order valence-electron chi connectivity index (χ4n) is 3.61. The molecule has 0 amide bonds. The lowest BCUT2D eigenvalue weighted by Crippen LogP contribution is -2.32. The van der Waals surface area contributed by atoms with Gasteiger partial charge in [-0.1, -0.05) is 27.7 Å². The molecule has 0 radical (unpaired) electrons. The van der Waals surface area contributed by atoms with Crippen LogP contribution in [-0.2, 0) is 10.8 Å². The van der Waals surface area contributed by atoms with Crippen LogP contribution in [0.5, 0.6) is 0 Å². The third-order valence-corrected chi connectivity index (χ3v) is 6.78. The van der Waals surface area contributed by atoms with Gasteiger partial charge in [0, 0.05) is 10.6 Å². The maximum absolute atomic E-state index is 11.0. The molecular weight excluding hydrogens is 318 g/mol. The van der Waals surface area contributed by atoms with Gasteiger partial charge in [0.1, 0.15) is 0 Å². The standard InChI is InChI=1S/C20H25NO2S/c1-12-15-16(20(4,5)11-10-19(15,2)3)24-17(12)21-14-8-6-13(7-9-14)18(22)23/h6-9,21H,10-11H2,1-5H3,(H,22,23). The van der Waals surface area contributed by atoms with Gasteiger partial charge in [-0.05, 0) is 66.0 Å². The average molecular weight is 343 g/mol. The van der Waals surface area contributed by atoms with Crippen molar-refractivity contribution in [2.45, 2.75) is 58.3 Å². The van der Waals surface area contributed by atoms with Crippen LogP contribution in [0.4, 0.5) is 10.7 Å². The molecule has 24 heavy (non-hydrogen) atoms. The number of aromatic carboxylic acids is 1. The lowest BCUT2D eigenvalue weighted by Gasteiger charge is -2.39. The lowest BCUT2D eigenvalue weighted by atomic mass is 9.66. The predicted molar refractivity (Wildman–Crippen MR) is 101 cm³/mol. The molecule has 0 unspecified atom stereocenters. The second-order valence-electron chi connectivity index (χ2n) is 8.04. The summed E-state index contributed by atoms with van der Waals surface area (Å²) in [6.45, 7) is 11.6. The number of nitrogens with one attached hydrogen (secondary N) is 1. The van der Waals surface area contributed by atoms with E-state index in [0.29, 0.717) is 5.56 Å². The quantitative estimate of drug-likeness (QED) is 0.735. The van der Waals surface area contributed by atoms with Crippen molar-refractivity contribution in [3.63, 3.8) is 0 Å². The number of anilines is 2. The van der Waals surface area contributed by atoms with Gasteiger partial charge in [0.15, 0.2) is 0 Å². The average Bonchev–Trinajstić information content (AvgIpc) is 2.84. The van der Waals surface area contributed by atoms with Crippen LogP contribution < -0.4 is 5.32 Å². The van der Waals surface area contributed by atoms with Crippen LogP contribution >= 0.6 is 11.3 Å². The van der Waals surface area contributed by atoms with Crippen molar-refractivity contribution >= 4 is 28.0 Å². The van der Waals surface area contributed by atoms with E-state index in [1.165, 1.54) is 33.8 Å². The SMILES string of the molecule is Cc1c(Nc2ccc(C(=O)O)cc2)sc2c1C(C)(C)CCC2(C)C. The Morgan fingerprint density at radius 3 is 2.21 bits per heavy atom. The summed E-state index contributed by atoms with van der Waals surface area (Å²) in [5.74, 6) is -0.896. The number of benzene rings is 1. The topological polar surface area (TPSA) is 49.3 Å². The van der Waals surface area contributed by atoms with Crippen LogP contribution in [0, 0.1) is 6.92 Å². The highest BCUT2D eigenvalue weighted by molar-refractivity contribution is 7.16. The molecule has 0 spiro atoms. The molecule has 1 aliphatic rings. The van der Waals surface area contributed by atoms with Gasteiger partial charge < -0.3 is 10.4 Å². The Labute approximate surface area is 147 Å². The van der Waals surface area contributed by atoms with E-state index in [9.17, 15) is 4.79 Å². The Morgan fingerprint density at radius 2 is 1.67 bits per heavy atom. The second kappa shape index (κ2) is 5.62. The van der Waals surface area contributed by atoms with Gasteiger partial charge in [0.2, 0.25) is 0 Å². The minimum Gasteiger partial charge on any atom is -0.478 e. The van der Waals surface area contributed by atoms with E-state index in [-0.39, 0.29) is 10.8 Å².